The average Bonchev–Trinajstić information content (AvgIpc) is 2.79. The number of hydrogen-bond acceptors (Lipinski definition) is 3. The van der Waals surface area contributed by atoms with Crippen molar-refractivity contribution in [2.75, 3.05) is 13.6 Å². The average molecular weight is 295 g/mol. The topological polar surface area (TPSA) is 42.7 Å². The van der Waals surface area contributed by atoms with Gasteiger partial charge >= 0.3 is 0 Å². The molecule has 0 bridgehead atoms. The smallest absolute Gasteiger partial charge is 0.0832 e. The zero-order valence-corrected chi connectivity index (χ0v) is 11.3. The molecule has 0 radical (unpaired) electrons. The Labute approximate surface area is 109 Å². The van der Waals surface area contributed by atoms with Crippen LogP contribution in [0.3, 0.4) is 0 Å². The molecule has 4 nitrogen and oxygen atoms in total. The Morgan fingerprint density at radius 2 is 2.06 bits per heavy atom. The first-order valence-electron chi connectivity index (χ1n) is 5.61. The molecule has 0 atom stereocenters. The van der Waals surface area contributed by atoms with Gasteiger partial charge in [0, 0.05) is 4.47 Å². The lowest BCUT2D eigenvalue weighted by Crippen LogP contribution is -2.08. The summed E-state index contributed by atoms with van der Waals surface area (Å²) in [5.74, 6) is 0. The molecule has 1 aromatic carbocycles. The Bertz CT molecular complexity index is 464. The molecule has 0 aliphatic heterocycles. The third-order valence-corrected chi connectivity index (χ3v) is 3.02. The molecule has 0 aliphatic rings. The minimum Gasteiger partial charge on any atom is -0.320 e. The normalized spacial score (nSPS) is 10.7. The van der Waals surface area contributed by atoms with Gasteiger partial charge in [0.05, 0.1) is 17.6 Å². The fourth-order valence-electron chi connectivity index (χ4n) is 1.58. The van der Waals surface area contributed by atoms with Crippen molar-refractivity contribution >= 4 is 15.9 Å². The molecular weight excluding hydrogens is 280 g/mol. The maximum absolute atomic E-state index is 4.16. The molecule has 0 spiro atoms. The van der Waals surface area contributed by atoms with Crippen molar-refractivity contribution < 1.29 is 0 Å². The Kier molecular flexibility index (Phi) is 4.28. The zero-order valence-electron chi connectivity index (χ0n) is 9.73. The Hall–Kier alpha value is -1.20. The minimum atomic E-state index is 0.956. The number of nitrogens with one attached hydrogen (secondary N) is 1. The maximum atomic E-state index is 4.16. The highest BCUT2D eigenvalue weighted by Gasteiger charge is 2.02. The van der Waals surface area contributed by atoms with Crippen LogP contribution in [0.2, 0.25) is 0 Å². The van der Waals surface area contributed by atoms with Crippen molar-refractivity contribution in [3.63, 3.8) is 0 Å². The molecule has 1 aromatic heterocycles. The molecule has 0 unspecified atom stereocenters. The van der Waals surface area contributed by atoms with E-state index >= 15 is 0 Å². The molecule has 2 aromatic rings. The highest BCUT2D eigenvalue weighted by Crippen LogP contribution is 2.13. The SMILES string of the molecule is CNCCCc1cn(-c2ccc(Br)cc2)nn1. The van der Waals surface area contributed by atoms with Crippen LogP contribution in [-0.2, 0) is 6.42 Å². The summed E-state index contributed by atoms with van der Waals surface area (Å²) >= 11 is 3.41. The van der Waals surface area contributed by atoms with Crippen LogP contribution in [0.4, 0.5) is 0 Å². The van der Waals surface area contributed by atoms with Crippen molar-refractivity contribution in [3.8, 4) is 5.69 Å². The van der Waals surface area contributed by atoms with Gasteiger partial charge in [0.25, 0.3) is 0 Å². The van der Waals surface area contributed by atoms with E-state index in [2.05, 4.69) is 31.6 Å². The molecule has 0 aliphatic carbocycles. The summed E-state index contributed by atoms with van der Waals surface area (Å²) in [4.78, 5) is 0. The molecule has 17 heavy (non-hydrogen) atoms. The molecule has 0 saturated heterocycles. The summed E-state index contributed by atoms with van der Waals surface area (Å²) in [5, 5.41) is 11.4. The van der Waals surface area contributed by atoms with Crippen molar-refractivity contribution in [2.45, 2.75) is 12.8 Å². The molecule has 0 amide bonds. The van der Waals surface area contributed by atoms with Crippen LogP contribution < -0.4 is 5.32 Å². The lowest BCUT2D eigenvalue weighted by Gasteiger charge is -1.99. The van der Waals surface area contributed by atoms with E-state index in [0.29, 0.717) is 0 Å². The monoisotopic (exact) mass is 294 g/mol. The summed E-state index contributed by atoms with van der Waals surface area (Å²) in [7, 11) is 1.96. The summed E-state index contributed by atoms with van der Waals surface area (Å²) < 4.78 is 2.87. The highest BCUT2D eigenvalue weighted by atomic mass is 79.9. The van der Waals surface area contributed by atoms with E-state index in [1.807, 2.05) is 37.5 Å². The van der Waals surface area contributed by atoms with Gasteiger partial charge in [-0.2, -0.15) is 0 Å². The Balaban J connectivity index is 2.04. The quantitative estimate of drug-likeness (QED) is 0.860. The Morgan fingerprint density at radius 3 is 2.76 bits per heavy atom. The van der Waals surface area contributed by atoms with Crippen molar-refractivity contribution in [1.29, 1.82) is 0 Å². The van der Waals surface area contributed by atoms with Crippen LogP contribution in [0.25, 0.3) is 5.69 Å². The van der Waals surface area contributed by atoms with Crippen molar-refractivity contribution in [2.24, 2.45) is 0 Å². The standard InChI is InChI=1S/C12H15BrN4/c1-14-8-2-3-11-9-17(16-15-11)12-6-4-10(13)5-7-12/h4-7,9,14H,2-3,8H2,1H3. The van der Waals surface area contributed by atoms with Gasteiger partial charge in [-0.25, -0.2) is 4.68 Å². The van der Waals surface area contributed by atoms with Gasteiger partial charge in [-0.1, -0.05) is 21.1 Å². The van der Waals surface area contributed by atoms with Gasteiger partial charge in [0.1, 0.15) is 0 Å². The number of aromatic nitrogens is 3. The van der Waals surface area contributed by atoms with Gasteiger partial charge in [-0.05, 0) is 50.7 Å². The van der Waals surface area contributed by atoms with Crippen LogP contribution >= 0.6 is 15.9 Å². The molecular formula is C12H15BrN4. The van der Waals surface area contributed by atoms with E-state index in [-0.39, 0.29) is 0 Å². The summed E-state index contributed by atoms with van der Waals surface area (Å²) in [6.45, 7) is 1.01. The van der Waals surface area contributed by atoms with Crippen molar-refractivity contribution in [1.82, 2.24) is 20.3 Å². The lowest BCUT2D eigenvalue weighted by atomic mass is 10.2. The predicted molar refractivity (Wildman–Crippen MR) is 71.3 cm³/mol. The molecule has 2 rings (SSSR count). The highest BCUT2D eigenvalue weighted by molar-refractivity contribution is 9.10. The summed E-state index contributed by atoms with van der Waals surface area (Å²) in [5.41, 5.74) is 2.06. The van der Waals surface area contributed by atoms with Gasteiger partial charge < -0.3 is 5.32 Å². The van der Waals surface area contributed by atoms with Gasteiger partial charge in [-0.15, -0.1) is 5.10 Å². The van der Waals surface area contributed by atoms with E-state index in [0.717, 1.165) is 35.2 Å². The second-order valence-electron chi connectivity index (χ2n) is 3.84. The first-order chi connectivity index (χ1) is 8.29. The molecule has 1 N–H and O–H groups in total. The van der Waals surface area contributed by atoms with Gasteiger partial charge in [-0.3, -0.25) is 0 Å². The van der Waals surface area contributed by atoms with Crippen molar-refractivity contribution in [3.05, 3.63) is 40.6 Å². The lowest BCUT2D eigenvalue weighted by molar-refractivity contribution is 0.712. The molecule has 0 fully saturated rings. The van der Waals surface area contributed by atoms with E-state index in [9.17, 15) is 0 Å². The molecule has 1 heterocycles. The summed E-state index contributed by atoms with van der Waals surface area (Å²) in [6, 6.07) is 8.02. The number of rotatable bonds is 5. The van der Waals surface area contributed by atoms with Crippen LogP contribution in [0.5, 0.6) is 0 Å². The third-order valence-electron chi connectivity index (χ3n) is 2.49. The first-order valence-corrected chi connectivity index (χ1v) is 6.40. The zero-order chi connectivity index (χ0) is 12.1. The van der Waals surface area contributed by atoms with Gasteiger partial charge in [0.2, 0.25) is 0 Å². The van der Waals surface area contributed by atoms with Crippen LogP contribution in [0.1, 0.15) is 12.1 Å². The van der Waals surface area contributed by atoms with Crippen LogP contribution in [0, 0.1) is 0 Å². The van der Waals surface area contributed by atoms with Crippen LogP contribution in [0.15, 0.2) is 34.9 Å². The summed E-state index contributed by atoms with van der Waals surface area (Å²) in [6.07, 6.45) is 4.02. The number of aryl methyl sites for hydroxylation is 1. The van der Waals surface area contributed by atoms with Gasteiger partial charge in [0.15, 0.2) is 0 Å². The fourth-order valence-corrected chi connectivity index (χ4v) is 1.84. The first kappa shape index (κ1) is 12.3. The Morgan fingerprint density at radius 1 is 1.29 bits per heavy atom. The minimum absolute atomic E-state index is 0.956. The molecule has 5 heteroatoms. The molecule has 0 saturated carbocycles. The van der Waals surface area contributed by atoms with E-state index in [1.54, 1.807) is 4.68 Å². The van der Waals surface area contributed by atoms with Crippen LogP contribution in [-0.4, -0.2) is 28.6 Å². The third kappa shape index (κ3) is 3.38. The molecule has 90 valence electrons. The second kappa shape index (κ2) is 5.93. The largest absolute Gasteiger partial charge is 0.320 e. The van der Waals surface area contributed by atoms with E-state index in [1.165, 1.54) is 0 Å². The van der Waals surface area contributed by atoms with E-state index < -0.39 is 0 Å². The number of halogens is 1. The second-order valence-corrected chi connectivity index (χ2v) is 4.75. The number of nitrogens with zero attached hydrogens (tertiary/aromatic N) is 3. The number of hydrogen-bond donors (Lipinski definition) is 1. The maximum Gasteiger partial charge on any atom is 0.0832 e. The fraction of sp³-hybridized carbons (Fsp3) is 0.333. The van der Waals surface area contributed by atoms with E-state index in [4.69, 9.17) is 0 Å². The predicted octanol–water partition coefficient (Wildman–Crippen LogP) is 2.18. The number of benzene rings is 1.